The Balaban J connectivity index is 2.03. The van der Waals surface area contributed by atoms with Crippen LogP contribution in [0.4, 0.5) is 5.69 Å². The number of hydrogen-bond acceptors (Lipinski definition) is 3. The predicted molar refractivity (Wildman–Crippen MR) is 95.6 cm³/mol. The van der Waals surface area contributed by atoms with Gasteiger partial charge >= 0.3 is 0 Å². The summed E-state index contributed by atoms with van der Waals surface area (Å²) >= 11 is 17.8. The maximum atomic E-state index is 12.0. The van der Waals surface area contributed by atoms with E-state index >= 15 is 0 Å². The van der Waals surface area contributed by atoms with Gasteiger partial charge < -0.3 is 10.6 Å². The van der Waals surface area contributed by atoms with Gasteiger partial charge in [-0.05, 0) is 23.8 Å². The second kappa shape index (κ2) is 8.20. The summed E-state index contributed by atoms with van der Waals surface area (Å²) in [7, 11) is 0. The number of nitrogens with one attached hydrogen (secondary N) is 2. The zero-order valence-corrected chi connectivity index (χ0v) is 14.2. The molecule has 0 unspecified atom stereocenters. The molecule has 1 heterocycles. The molecule has 0 aliphatic rings. The van der Waals surface area contributed by atoms with Crippen LogP contribution >= 0.6 is 34.8 Å². The Morgan fingerprint density at radius 3 is 2.48 bits per heavy atom. The van der Waals surface area contributed by atoms with E-state index in [1.165, 1.54) is 6.08 Å². The molecule has 2 rings (SSSR count). The molecule has 0 fully saturated rings. The lowest BCUT2D eigenvalue weighted by Gasteiger charge is -2.26. The number of nitrogens with zero attached hydrogens (tertiary/aromatic N) is 1. The SMILES string of the molecule is O=C(/C=C/c1ccccc1)N[C@@H](Nc1cccnc1)C(Cl)(Cl)Cl. The van der Waals surface area contributed by atoms with E-state index in [4.69, 9.17) is 34.8 Å². The highest BCUT2D eigenvalue weighted by molar-refractivity contribution is 6.68. The van der Waals surface area contributed by atoms with E-state index in [0.717, 1.165) is 5.56 Å². The van der Waals surface area contributed by atoms with Crippen LogP contribution in [0.15, 0.2) is 60.9 Å². The van der Waals surface area contributed by atoms with Crippen molar-refractivity contribution in [3.8, 4) is 0 Å². The molecule has 1 aromatic carbocycles. The Labute approximate surface area is 149 Å². The van der Waals surface area contributed by atoms with E-state index in [-0.39, 0.29) is 5.91 Å². The summed E-state index contributed by atoms with van der Waals surface area (Å²) in [5, 5.41) is 5.54. The molecule has 1 atom stereocenters. The summed E-state index contributed by atoms with van der Waals surface area (Å²) in [5.74, 6) is -0.387. The summed E-state index contributed by atoms with van der Waals surface area (Å²) in [6.07, 6.45) is 5.33. The quantitative estimate of drug-likeness (QED) is 0.475. The molecule has 0 radical (unpaired) electrons. The van der Waals surface area contributed by atoms with Crippen molar-refractivity contribution < 1.29 is 4.79 Å². The van der Waals surface area contributed by atoms with Crippen LogP contribution in [-0.2, 0) is 4.79 Å². The maximum absolute atomic E-state index is 12.0. The minimum Gasteiger partial charge on any atom is -0.361 e. The Morgan fingerprint density at radius 2 is 1.87 bits per heavy atom. The van der Waals surface area contributed by atoms with E-state index in [1.54, 1.807) is 30.6 Å². The van der Waals surface area contributed by atoms with Crippen molar-refractivity contribution in [1.29, 1.82) is 0 Å². The average molecular weight is 371 g/mol. The molecule has 7 heteroatoms. The molecular formula is C16H14Cl3N3O. The van der Waals surface area contributed by atoms with E-state index in [1.807, 2.05) is 30.3 Å². The van der Waals surface area contributed by atoms with Crippen LogP contribution in [0, 0.1) is 0 Å². The summed E-state index contributed by atoms with van der Waals surface area (Å²) in [5.41, 5.74) is 1.52. The Morgan fingerprint density at radius 1 is 1.13 bits per heavy atom. The number of hydrogen-bond donors (Lipinski definition) is 2. The Hall–Kier alpha value is -1.75. The van der Waals surface area contributed by atoms with Crippen LogP contribution in [0.3, 0.4) is 0 Å². The van der Waals surface area contributed by atoms with Gasteiger partial charge in [-0.25, -0.2) is 0 Å². The number of alkyl halides is 3. The second-order valence-corrected chi connectivity index (χ2v) is 6.98. The molecular weight excluding hydrogens is 357 g/mol. The highest BCUT2D eigenvalue weighted by atomic mass is 35.6. The summed E-state index contributed by atoms with van der Waals surface area (Å²) in [4.78, 5) is 16.0. The molecule has 1 aromatic heterocycles. The molecule has 0 aliphatic heterocycles. The fourth-order valence-corrected chi connectivity index (χ4v) is 2.07. The number of rotatable bonds is 5. The molecule has 0 aliphatic carbocycles. The van der Waals surface area contributed by atoms with Gasteiger partial charge in [-0.3, -0.25) is 9.78 Å². The monoisotopic (exact) mass is 369 g/mol. The molecule has 120 valence electrons. The van der Waals surface area contributed by atoms with Crippen molar-refractivity contribution in [2.24, 2.45) is 0 Å². The van der Waals surface area contributed by atoms with Crippen molar-refractivity contribution in [3.63, 3.8) is 0 Å². The molecule has 4 nitrogen and oxygen atoms in total. The van der Waals surface area contributed by atoms with Crippen LogP contribution in [0.2, 0.25) is 0 Å². The highest BCUT2D eigenvalue weighted by Gasteiger charge is 2.33. The van der Waals surface area contributed by atoms with Crippen LogP contribution in [-0.4, -0.2) is 20.8 Å². The van der Waals surface area contributed by atoms with Crippen molar-refractivity contribution in [1.82, 2.24) is 10.3 Å². The second-order valence-electron chi connectivity index (χ2n) is 4.61. The summed E-state index contributed by atoms with van der Waals surface area (Å²) in [6.45, 7) is 0. The van der Waals surface area contributed by atoms with E-state index in [9.17, 15) is 4.79 Å². The normalized spacial score (nSPS) is 12.8. The molecule has 0 bridgehead atoms. The smallest absolute Gasteiger partial charge is 0.245 e. The predicted octanol–water partition coefficient (Wildman–Crippen LogP) is 4.02. The number of halogens is 3. The lowest BCUT2D eigenvalue weighted by Crippen LogP contribution is -2.48. The van der Waals surface area contributed by atoms with Crippen molar-refractivity contribution in [2.45, 2.75) is 9.96 Å². The van der Waals surface area contributed by atoms with Crippen LogP contribution in [0.25, 0.3) is 6.08 Å². The first kappa shape index (κ1) is 17.6. The molecule has 1 amide bonds. The number of carbonyl (C=O) groups excluding carboxylic acids is 1. The lowest BCUT2D eigenvalue weighted by molar-refractivity contribution is -0.116. The number of pyridine rings is 1. The molecule has 0 saturated heterocycles. The largest absolute Gasteiger partial charge is 0.361 e. The van der Waals surface area contributed by atoms with Crippen molar-refractivity contribution in [3.05, 3.63) is 66.5 Å². The fraction of sp³-hybridized carbons (Fsp3) is 0.125. The van der Waals surface area contributed by atoms with Gasteiger partial charge in [0.05, 0.1) is 5.69 Å². The van der Waals surface area contributed by atoms with Crippen LogP contribution in [0.1, 0.15) is 5.56 Å². The Bertz CT molecular complexity index is 657. The van der Waals surface area contributed by atoms with Gasteiger partial charge in [0.1, 0.15) is 6.17 Å². The summed E-state index contributed by atoms with van der Waals surface area (Å²) in [6, 6.07) is 12.9. The maximum Gasteiger partial charge on any atom is 0.245 e. The van der Waals surface area contributed by atoms with Crippen LogP contribution < -0.4 is 10.6 Å². The fourth-order valence-electron chi connectivity index (χ4n) is 1.74. The van der Waals surface area contributed by atoms with Gasteiger partial charge in [0.25, 0.3) is 0 Å². The Kier molecular flexibility index (Phi) is 6.28. The number of benzene rings is 1. The van der Waals surface area contributed by atoms with E-state index in [0.29, 0.717) is 5.69 Å². The minimum atomic E-state index is -1.73. The molecule has 0 saturated carbocycles. The van der Waals surface area contributed by atoms with Gasteiger partial charge in [-0.1, -0.05) is 65.1 Å². The first-order chi connectivity index (χ1) is 10.9. The molecule has 2 N–H and O–H groups in total. The zero-order valence-electron chi connectivity index (χ0n) is 11.9. The van der Waals surface area contributed by atoms with E-state index < -0.39 is 9.96 Å². The number of carbonyl (C=O) groups is 1. The molecule has 23 heavy (non-hydrogen) atoms. The molecule has 0 spiro atoms. The minimum absolute atomic E-state index is 0.387. The van der Waals surface area contributed by atoms with Gasteiger partial charge in [0, 0.05) is 18.5 Å². The third-order valence-electron chi connectivity index (χ3n) is 2.81. The third-order valence-corrected chi connectivity index (χ3v) is 3.47. The van der Waals surface area contributed by atoms with E-state index in [2.05, 4.69) is 15.6 Å². The first-order valence-electron chi connectivity index (χ1n) is 6.72. The van der Waals surface area contributed by atoms with Gasteiger partial charge in [0.2, 0.25) is 9.70 Å². The standard InChI is InChI=1S/C16H14Cl3N3O/c17-16(18,19)15(21-13-7-4-10-20-11-13)22-14(23)9-8-12-5-2-1-3-6-12/h1-11,15,21H,(H,22,23)/b9-8+/t15-/m1/s1. The van der Waals surface area contributed by atoms with Crippen molar-refractivity contribution in [2.75, 3.05) is 5.32 Å². The van der Waals surface area contributed by atoms with Gasteiger partial charge in [-0.2, -0.15) is 0 Å². The molecule has 2 aromatic rings. The number of amides is 1. The zero-order chi connectivity index (χ0) is 16.7. The first-order valence-corrected chi connectivity index (χ1v) is 7.85. The van der Waals surface area contributed by atoms with Crippen LogP contribution in [0.5, 0.6) is 0 Å². The third kappa shape index (κ3) is 6.10. The number of aromatic nitrogens is 1. The lowest BCUT2D eigenvalue weighted by atomic mass is 10.2. The average Bonchev–Trinajstić information content (AvgIpc) is 2.53. The topological polar surface area (TPSA) is 54.0 Å². The van der Waals surface area contributed by atoms with Gasteiger partial charge in [0.15, 0.2) is 0 Å². The summed E-state index contributed by atoms with van der Waals surface area (Å²) < 4.78 is -1.73. The van der Waals surface area contributed by atoms with Gasteiger partial charge in [-0.15, -0.1) is 0 Å². The van der Waals surface area contributed by atoms with Crippen molar-refractivity contribution >= 4 is 52.5 Å². The highest BCUT2D eigenvalue weighted by Crippen LogP contribution is 2.30. The number of anilines is 1.